The van der Waals surface area contributed by atoms with Crippen LogP contribution in [0.1, 0.15) is 22.3 Å². The van der Waals surface area contributed by atoms with Crippen molar-refractivity contribution in [2.24, 2.45) is 0 Å². The third-order valence-corrected chi connectivity index (χ3v) is 12.9. The van der Waals surface area contributed by atoms with Gasteiger partial charge in [-0.25, -0.2) is 15.0 Å². The Hall–Kier alpha value is -7.01. The summed E-state index contributed by atoms with van der Waals surface area (Å²) in [5.74, 6) is 1.96. The minimum atomic E-state index is -0.443. The van der Waals surface area contributed by atoms with Gasteiger partial charge in [-0.3, -0.25) is 0 Å². The molecule has 2 aliphatic carbocycles. The molecule has 0 bridgehead atoms. The van der Waals surface area contributed by atoms with Crippen molar-refractivity contribution in [2.75, 3.05) is 0 Å². The SMILES string of the molecule is c1ccc(-c2nc(-c3ccc(-c4ccc5c(c4)sc4ccccc45)cc3)nc(-c3ccc4c(c3)C3(c5ccccc5-c5ccccc53)c3ccccc3-4)n2)cc1. The van der Waals surface area contributed by atoms with Crippen LogP contribution in [0.25, 0.3) is 87.7 Å². The van der Waals surface area contributed by atoms with Crippen LogP contribution in [0.3, 0.4) is 0 Å². The molecule has 0 saturated heterocycles. The monoisotopic (exact) mass is 729 g/mol. The lowest BCUT2D eigenvalue weighted by molar-refractivity contribution is 0.794. The highest BCUT2D eigenvalue weighted by molar-refractivity contribution is 7.25. The number of fused-ring (bicyclic) bond motifs is 13. The highest BCUT2D eigenvalue weighted by Crippen LogP contribution is 2.63. The zero-order valence-electron chi connectivity index (χ0n) is 30.1. The third kappa shape index (κ3) is 4.48. The van der Waals surface area contributed by atoms with Crippen molar-refractivity contribution in [3.8, 4) is 67.5 Å². The Labute approximate surface area is 328 Å². The molecule has 0 N–H and O–H groups in total. The molecule has 1 spiro atoms. The summed E-state index contributed by atoms with van der Waals surface area (Å²) >= 11 is 1.85. The van der Waals surface area contributed by atoms with Gasteiger partial charge in [0.15, 0.2) is 17.5 Å². The van der Waals surface area contributed by atoms with E-state index in [0.717, 1.165) is 22.3 Å². The minimum absolute atomic E-state index is 0.443. The summed E-state index contributed by atoms with van der Waals surface area (Å²) in [6.07, 6.45) is 0. The molecule has 0 amide bonds. The summed E-state index contributed by atoms with van der Waals surface area (Å²) in [5, 5.41) is 2.62. The maximum absolute atomic E-state index is 5.22. The van der Waals surface area contributed by atoms with E-state index in [1.165, 1.54) is 70.2 Å². The molecule has 0 aliphatic heterocycles. The number of aromatic nitrogens is 3. The van der Waals surface area contributed by atoms with E-state index in [0.29, 0.717) is 17.5 Å². The second-order valence-corrected chi connectivity index (χ2v) is 15.8. The third-order valence-electron chi connectivity index (χ3n) is 11.8. The Morgan fingerprint density at radius 2 is 0.768 bits per heavy atom. The molecule has 0 unspecified atom stereocenters. The van der Waals surface area contributed by atoms with Gasteiger partial charge in [0.2, 0.25) is 0 Å². The molecular formula is C52H31N3S. The fourth-order valence-corrected chi connectivity index (χ4v) is 10.4. The van der Waals surface area contributed by atoms with Gasteiger partial charge in [0.05, 0.1) is 5.41 Å². The molecule has 260 valence electrons. The summed E-state index contributed by atoms with van der Waals surface area (Å²) in [4.78, 5) is 15.5. The molecule has 56 heavy (non-hydrogen) atoms. The van der Waals surface area contributed by atoms with Crippen molar-refractivity contribution in [1.29, 1.82) is 0 Å². The quantitative estimate of drug-likeness (QED) is 0.181. The van der Waals surface area contributed by atoms with Crippen LogP contribution in [0.15, 0.2) is 188 Å². The van der Waals surface area contributed by atoms with Gasteiger partial charge < -0.3 is 0 Å². The van der Waals surface area contributed by atoms with Crippen LogP contribution in [0.5, 0.6) is 0 Å². The van der Waals surface area contributed by atoms with Gasteiger partial charge in [-0.1, -0.05) is 170 Å². The van der Waals surface area contributed by atoms with Gasteiger partial charge in [-0.2, -0.15) is 0 Å². The predicted octanol–water partition coefficient (Wildman–Crippen LogP) is 13.3. The molecular weight excluding hydrogens is 699 g/mol. The Balaban J connectivity index is 1.01. The lowest BCUT2D eigenvalue weighted by Crippen LogP contribution is -2.25. The van der Waals surface area contributed by atoms with Gasteiger partial charge in [0.1, 0.15) is 0 Å². The van der Waals surface area contributed by atoms with Crippen LogP contribution in [0.2, 0.25) is 0 Å². The lowest BCUT2D eigenvalue weighted by Gasteiger charge is -2.30. The number of nitrogens with zero attached hydrogens (tertiary/aromatic N) is 3. The van der Waals surface area contributed by atoms with Gasteiger partial charge in [-0.15, -0.1) is 11.3 Å². The zero-order valence-corrected chi connectivity index (χ0v) is 31.0. The molecule has 2 heterocycles. The van der Waals surface area contributed by atoms with Gasteiger partial charge in [0.25, 0.3) is 0 Å². The summed E-state index contributed by atoms with van der Waals surface area (Å²) in [5.41, 5.74) is 15.1. The molecule has 0 fully saturated rings. The van der Waals surface area contributed by atoms with E-state index in [1.54, 1.807) is 0 Å². The lowest BCUT2D eigenvalue weighted by atomic mass is 9.70. The maximum Gasteiger partial charge on any atom is 0.164 e. The first-order chi connectivity index (χ1) is 27.7. The number of hydrogen-bond acceptors (Lipinski definition) is 4. The molecule has 2 aliphatic rings. The van der Waals surface area contributed by atoms with E-state index in [9.17, 15) is 0 Å². The first kappa shape index (κ1) is 31.4. The molecule has 12 rings (SSSR count). The smallest absolute Gasteiger partial charge is 0.164 e. The second kappa shape index (κ2) is 12.0. The van der Waals surface area contributed by atoms with Crippen LogP contribution in [-0.2, 0) is 5.41 Å². The standard InChI is InChI=1S/C52H31N3S/c1-2-12-33(13-3-1)49-53-50(34-24-22-32(23-25-34)35-26-29-42-41-17-7-11-21-47(41)56-48(42)31-35)55-51(54-49)36-27-28-40-39-16-6-10-20-45(39)52(46(40)30-36)43-18-8-4-14-37(43)38-15-5-9-19-44(38)52/h1-31H. The minimum Gasteiger partial charge on any atom is -0.208 e. The Morgan fingerprint density at radius 3 is 1.43 bits per heavy atom. The van der Waals surface area contributed by atoms with Crippen molar-refractivity contribution in [1.82, 2.24) is 15.0 Å². The molecule has 10 aromatic rings. The fourth-order valence-electron chi connectivity index (χ4n) is 9.30. The summed E-state index contributed by atoms with van der Waals surface area (Å²) < 4.78 is 2.61. The Kier molecular flexibility index (Phi) is 6.72. The summed E-state index contributed by atoms with van der Waals surface area (Å²) in [6, 6.07) is 67.8. The first-order valence-corrected chi connectivity index (χ1v) is 19.8. The normalized spacial score (nSPS) is 13.1. The van der Waals surface area contributed by atoms with Crippen molar-refractivity contribution in [2.45, 2.75) is 5.41 Å². The largest absolute Gasteiger partial charge is 0.208 e. The zero-order chi connectivity index (χ0) is 36.8. The second-order valence-electron chi connectivity index (χ2n) is 14.7. The van der Waals surface area contributed by atoms with Crippen molar-refractivity contribution in [3.05, 3.63) is 210 Å². The molecule has 2 aromatic heterocycles. The van der Waals surface area contributed by atoms with Crippen LogP contribution in [-0.4, -0.2) is 15.0 Å². The fraction of sp³-hybridized carbons (Fsp3) is 0.0192. The molecule has 0 saturated carbocycles. The number of rotatable bonds is 4. The van der Waals surface area contributed by atoms with Crippen molar-refractivity contribution in [3.63, 3.8) is 0 Å². The van der Waals surface area contributed by atoms with E-state index in [2.05, 4.69) is 170 Å². The van der Waals surface area contributed by atoms with Crippen LogP contribution in [0.4, 0.5) is 0 Å². The van der Waals surface area contributed by atoms with Crippen molar-refractivity contribution >= 4 is 31.5 Å². The maximum atomic E-state index is 5.22. The molecule has 0 radical (unpaired) electrons. The van der Waals surface area contributed by atoms with E-state index in [-0.39, 0.29) is 0 Å². The number of benzene rings is 8. The van der Waals surface area contributed by atoms with Crippen LogP contribution in [0, 0.1) is 0 Å². The molecule has 4 heteroatoms. The van der Waals surface area contributed by atoms with E-state index in [1.807, 2.05) is 29.5 Å². The molecule has 3 nitrogen and oxygen atoms in total. The number of thiophene rings is 1. The average Bonchev–Trinajstić information content (AvgIpc) is 3.90. The van der Waals surface area contributed by atoms with Gasteiger partial charge in [0, 0.05) is 36.9 Å². The van der Waals surface area contributed by atoms with E-state index < -0.39 is 5.41 Å². The Morgan fingerprint density at radius 1 is 0.304 bits per heavy atom. The highest BCUT2D eigenvalue weighted by Gasteiger charge is 2.51. The topological polar surface area (TPSA) is 38.7 Å². The van der Waals surface area contributed by atoms with E-state index >= 15 is 0 Å². The van der Waals surface area contributed by atoms with Gasteiger partial charge >= 0.3 is 0 Å². The van der Waals surface area contributed by atoms with Crippen LogP contribution < -0.4 is 0 Å². The predicted molar refractivity (Wildman–Crippen MR) is 231 cm³/mol. The number of hydrogen-bond donors (Lipinski definition) is 0. The Bertz CT molecular complexity index is 3130. The summed E-state index contributed by atoms with van der Waals surface area (Å²) in [7, 11) is 0. The molecule has 0 atom stereocenters. The van der Waals surface area contributed by atoms with Crippen LogP contribution >= 0.6 is 11.3 Å². The first-order valence-electron chi connectivity index (χ1n) is 19.0. The van der Waals surface area contributed by atoms with E-state index in [4.69, 9.17) is 15.0 Å². The summed E-state index contributed by atoms with van der Waals surface area (Å²) in [6.45, 7) is 0. The molecule has 8 aromatic carbocycles. The van der Waals surface area contributed by atoms with Gasteiger partial charge in [-0.05, 0) is 73.8 Å². The highest BCUT2D eigenvalue weighted by atomic mass is 32.1. The average molecular weight is 730 g/mol. The van der Waals surface area contributed by atoms with Crippen molar-refractivity contribution < 1.29 is 0 Å².